The summed E-state index contributed by atoms with van der Waals surface area (Å²) in [5.74, 6) is 1.03. The lowest BCUT2D eigenvalue weighted by molar-refractivity contribution is 0.0790. The van der Waals surface area contributed by atoms with Crippen LogP contribution in [0.15, 0.2) is 0 Å². The number of hydrogen-bond donors (Lipinski definition) is 0. The van der Waals surface area contributed by atoms with Crippen molar-refractivity contribution in [2.75, 3.05) is 51.0 Å². The van der Waals surface area contributed by atoms with Gasteiger partial charge in [0.25, 0.3) is 0 Å². The zero-order valence-electron chi connectivity index (χ0n) is 12.4. The molecule has 1 saturated heterocycles. The van der Waals surface area contributed by atoms with Gasteiger partial charge in [0.05, 0.1) is 19.8 Å². The largest absolute Gasteiger partial charge is 0.461 e. The number of nitrogens with zero attached hydrogens (tertiary/aromatic N) is 4. The van der Waals surface area contributed by atoms with Gasteiger partial charge < -0.3 is 19.1 Å². The molecule has 0 saturated carbocycles. The number of morpholine rings is 1. The third kappa shape index (κ3) is 5.61. The Kier molecular flexibility index (Phi) is 6.41. The molecule has 0 spiro atoms. The van der Waals surface area contributed by atoms with E-state index in [1.807, 2.05) is 4.90 Å². The Balaban J connectivity index is 1.86. The zero-order valence-corrected chi connectivity index (χ0v) is 13.2. The highest BCUT2D eigenvalue weighted by Gasteiger charge is 2.16. The van der Waals surface area contributed by atoms with Gasteiger partial charge in [-0.3, -0.25) is 0 Å². The Bertz CT molecular complexity index is 441. The summed E-state index contributed by atoms with van der Waals surface area (Å²) >= 11 is 5.92. The lowest BCUT2D eigenvalue weighted by Gasteiger charge is -2.26. The average molecular weight is 317 g/mol. The Morgan fingerprint density at radius 3 is 2.67 bits per heavy atom. The van der Waals surface area contributed by atoms with E-state index in [4.69, 9.17) is 25.8 Å². The van der Waals surface area contributed by atoms with Gasteiger partial charge in [-0.1, -0.05) is 13.8 Å². The highest BCUT2D eigenvalue weighted by molar-refractivity contribution is 6.28. The maximum absolute atomic E-state index is 5.92. The maximum Gasteiger partial charge on any atom is 0.322 e. The van der Waals surface area contributed by atoms with Crippen LogP contribution in [-0.2, 0) is 9.47 Å². The molecule has 1 aromatic heterocycles. The van der Waals surface area contributed by atoms with Crippen LogP contribution in [-0.4, -0.2) is 61.1 Å². The van der Waals surface area contributed by atoms with E-state index in [9.17, 15) is 0 Å². The Morgan fingerprint density at radius 2 is 1.95 bits per heavy atom. The second kappa shape index (κ2) is 8.31. The molecule has 1 aromatic rings. The molecule has 0 bridgehead atoms. The predicted octanol–water partition coefficient (Wildman–Crippen LogP) is 1.41. The van der Waals surface area contributed by atoms with Gasteiger partial charge >= 0.3 is 6.01 Å². The van der Waals surface area contributed by atoms with Gasteiger partial charge in [-0.2, -0.15) is 15.0 Å². The number of rotatable bonds is 7. The molecule has 0 N–H and O–H groups in total. The second-order valence-corrected chi connectivity index (χ2v) is 5.44. The fraction of sp³-hybridized carbons (Fsp3) is 0.769. The molecule has 2 heterocycles. The smallest absolute Gasteiger partial charge is 0.322 e. The fourth-order valence-corrected chi connectivity index (χ4v) is 1.95. The molecule has 118 valence electrons. The van der Waals surface area contributed by atoms with E-state index in [-0.39, 0.29) is 11.3 Å². The van der Waals surface area contributed by atoms with E-state index >= 15 is 0 Å². The molecule has 21 heavy (non-hydrogen) atoms. The van der Waals surface area contributed by atoms with Crippen molar-refractivity contribution in [2.45, 2.75) is 13.8 Å². The van der Waals surface area contributed by atoms with E-state index in [0.29, 0.717) is 44.9 Å². The number of hydrogen-bond acceptors (Lipinski definition) is 7. The quantitative estimate of drug-likeness (QED) is 0.704. The minimum absolute atomic E-state index is 0.129. The van der Waals surface area contributed by atoms with Gasteiger partial charge in [-0.25, -0.2) is 0 Å². The van der Waals surface area contributed by atoms with E-state index in [1.165, 1.54) is 0 Å². The molecule has 1 fully saturated rings. The van der Waals surface area contributed by atoms with Crippen molar-refractivity contribution < 1.29 is 14.2 Å². The first-order valence-electron chi connectivity index (χ1n) is 7.10. The zero-order chi connectivity index (χ0) is 15.1. The highest BCUT2D eigenvalue weighted by Crippen LogP contribution is 2.16. The molecule has 1 aliphatic heterocycles. The van der Waals surface area contributed by atoms with Crippen LogP contribution >= 0.6 is 11.6 Å². The number of halogens is 1. The van der Waals surface area contributed by atoms with Crippen molar-refractivity contribution in [1.82, 2.24) is 15.0 Å². The third-order valence-corrected chi connectivity index (χ3v) is 2.95. The van der Waals surface area contributed by atoms with Gasteiger partial charge in [0, 0.05) is 19.7 Å². The summed E-state index contributed by atoms with van der Waals surface area (Å²) in [6.07, 6.45) is 0. The lowest BCUT2D eigenvalue weighted by atomic mass is 10.2. The summed E-state index contributed by atoms with van der Waals surface area (Å²) in [5.41, 5.74) is 0. The van der Waals surface area contributed by atoms with E-state index in [2.05, 4.69) is 28.8 Å². The molecule has 0 amide bonds. The normalized spacial score (nSPS) is 15.5. The molecular formula is C13H21ClN4O3. The summed E-state index contributed by atoms with van der Waals surface area (Å²) in [6.45, 7) is 8.56. The third-order valence-electron chi connectivity index (χ3n) is 2.78. The van der Waals surface area contributed by atoms with Crippen LogP contribution in [0.5, 0.6) is 6.01 Å². The molecule has 7 nitrogen and oxygen atoms in total. The number of anilines is 1. The van der Waals surface area contributed by atoms with Crippen LogP contribution < -0.4 is 9.64 Å². The summed E-state index contributed by atoms with van der Waals surface area (Å²) < 4.78 is 16.2. The van der Waals surface area contributed by atoms with Crippen molar-refractivity contribution in [3.05, 3.63) is 5.28 Å². The Hall–Kier alpha value is -1.18. The minimum atomic E-state index is 0.129. The van der Waals surface area contributed by atoms with Gasteiger partial charge in [0.1, 0.15) is 6.61 Å². The topological polar surface area (TPSA) is 69.6 Å². The first-order valence-corrected chi connectivity index (χ1v) is 7.48. The standard InChI is InChI=1S/C13H21ClN4O3/c1-10(2)9-20-7-8-21-13-16-11(14)15-12(17-13)18-3-5-19-6-4-18/h10H,3-9H2,1-2H3. The van der Waals surface area contributed by atoms with E-state index in [1.54, 1.807) is 0 Å². The molecular weight excluding hydrogens is 296 g/mol. The summed E-state index contributed by atoms with van der Waals surface area (Å²) in [5, 5.41) is 0.129. The Labute approximate surface area is 129 Å². The minimum Gasteiger partial charge on any atom is -0.461 e. The average Bonchev–Trinajstić information content (AvgIpc) is 2.47. The second-order valence-electron chi connectivity index (χ2n) is 5.10. The Morgan fingerprint density at radius 1 is 1.19 bits per heavy atom. The molecule has 0 unspecified atom stereocenters. The summed E-state index contributed by atoms with van der Waals surface area (Å²) in [4.78, 5) is 14.4. The van der Waals surface area contributed by atoms with Crippen LogP contribution in [0.4, 0.5) is 5.95 Å². The van der Waals surface area contributed by atoms with E-state index in [0.717, 1.165) is 13.1 Å². The van der Waals surface area contributed by atoms with Crippen molar-refractivity contribution in [3.63, 3.8) is 0 Å². The van der Waals surface area contributed by atoms with Crippen LogP contribution in [0.1, 0.15) is 13.8 Å². The van der Waals surface area contributed by atoms with E-state index < -0.39 is 0 Å². The SMILES string of the molecule is CC(C)COCCOc1nc(Cl)nc(N2CCOCC2)n1. The molecule has 8 heteroatoms. The van der Waals surface area contributed by atoms with Crippen molar-refractivity contribution >= 4 is 17.5 Å². The molecule has 0 aliphatic carbocycles. The van der Waals surface area contributed by atoms with Gasteiger partial charge in [0.2, 0.25) is 11.2 Å². The molecule has 2 rings (SSSR count). The monoisotopic (exact) mass is 316 g/mol. The molecule has 0 aromatic carbocycles. The maximum atomic E-state index is 5.92. The summed E-state index contributed by atoms with van der Waals surface area (Å²) in [7, 11) is 0. The van der Waals surface area contributed by atoms with Crippen LogP contribution in [0.3, 0.4) is 0 Å². The number of ether oxygens (including phenoxy) is 3. The van der Waals surface area contributed by atoms with Gasteiger partial charge in [0.15, 0.2) is 0 Å². The summed E-state index contributed by atoms with van der Waals surface area (Å²) in [6, 6.07) is 0.227. The lowest BCUT2D eigenvalue weighted by Crippen LogP contribution is -2.37. The van der Waals surface area contributed by atoms with Crippen molar-refractivity contribution in [2.24, 2.45) is 5.92 Å². The highest BCUT2D eigenvalue weighted by atomic mass is 35.5. The molecule has 1 aliphatic rings. The number of aromatic nitrogens is 3. The van der Waals surface area contributed by atoms with Crippen LogP contribution in [0.2, 0.25) is 5.28 Å². The van der Waals surface area contributed by atoms with Crippen LogP contribution in [0, 0.1) is 5.92 Å². The van der Waals surface area contributed by atoms with Gasteiger partial charge in [-0.15, -0.1) is 0 Å². The fourth-order valence-electron chi connectivity index (χ4n) is 1.80. The first-order chi connectivity index (χ1) is 10.1. The molecule has 0 radical (unpaired) electrons. The van der Waals surface area contributed by atoms with Crippen molar-refractivity contribution in [1.29, 1.82) is 0 Å². The van der Waals surface area contributed by atoms with Crippen molar-refractivity contribution in [3.8, 4) is 6.01 Å². The van der Waals surface area contributed by atoms with Crippen LogP contribution in [0.25, 0.3) is 0 Å². The molecule has 0 atom stereocenters. The predicted molar refractivity (Wildman–Crippen MR) is 79.0 cm³/mol. The first kappa shape index (κ1) is 16.2. The van der Waals surface area contributed by atoms with Gasteiger partial charge in [-0.05, 0) is 17.5 Å².